The minimum atomic E-state index is -0.237. The quantitative estimate of drug-likeness (QED) is 0.739. The number of ketones is 1. The molecule has 0 aliphatic rings. The van der Waals surface area contributed by atoms with Crippen molar-refractivity contribution in [3.05, 3.63) is 52.7 Å². The van der Waals surface area contributed by atoms with Gasteiger partial charge in [-0.05, 0) is 30.7 Å². The number of imidazole rings is 1. The molecule has 0 atom stereocenters. The van der Waals surface area contributed by atoms with Crippen LogP contribution in [-0.2, 0) is 18.4 Å². The predicted octanol–water partition coefficient (Wildman–Crippen LogP) is 1.86. The Labute approximate surface area is 132 Å². The molecule has 2 heterocycles. The third-order valence-electron chi connectivity index (χ3n) is 3.78. The summed E-state index contributed by atoms with van der Waals surface area (Å²) < 4.78 is 2.96. The van der Waals surface area contributed by atoms with E-state index in [1.54, 1.807) is 31.6 Å². The van der Waals surface area contributed by atoms with Gasteiger partial charge in [-0.25, -0.2) is 4.79 Å². The van der Waals surface area contributed by atoms with Crippen LogP contribution in [-0.4, -0.2) is 19.9 Å². The van der Waals surface area contributed by atoms with Crippen LogP contribution in [0.2, 0.25) is 0 Å². The molecule has 0 aliphatic heterocycles. The van der Waals surface area contributed by atoms with Gasteiger partial charge in [0.2, 0.25) is 0 Å². The summed E-state index contributed by atoms with van der Waals surface area (Å²) in [6.07, 6.45) is 3.20. The second-order valence-corrected chi connectivity index (χ2v) is 5.37. The number of benzene rings is 1. The molecule has 0 unspecified atom stereocenters. The topological polar surface area (TPSA) is 80.7 Å². The van der Waals surface area contributed by atoms with Gasteiger partial charge in [0.1, 0.15) is 5.78 Å². The van der Waals surface area contributed by atoms with Crippen LogP contribution >= 0.6 is 0 Å². The smallest absolute Gasteiger partial charge is 0.298 e. The molecule has 0 spiro atoms. The molecule has 0 bridgehead atoms. The summed E-state index contributed by atoms with van der Waals surface area (Å²) in [5.74, 6) is -0.0808. The highest BCUT2D eigenvalue weighted by Crippen LogP contribution is 2.26. The highest BCUT2D eigenvalue weighted by atomic mass is 16.2. The maximum atomic E-state index is 12.3. The minimum Gasteiger partial charge on any atom is -0.298 e. The molecule has 3 aromatic rings. The number of hydrogen-bond acceptors (Lipinski definition) is 4. The van der Waals surface area contributed by atoms with E-state index in [0.29, 0.717) is 22.2 Å². The molecular formula is C17H14N4O2. The number of rotatable bonds is 3. The third kappa shape index (κ3) is 2.42. The number of hydrogen-bond donors (Lipinski definition) is 0. The molecule has 3 rings (SSSR count). The van der Waals surface area contributed by atoms with Crippen molar-refractivity contribution in [3.8, 4) is 17.2 Å². The third-order valence-corrected chi connectivity index (χ3v) is 3.78. The molecule has 23 heavy (non-hydrogen) atoms. The van der Waals surface area contributed by atoms with Gasteiger partial charge in [-0.1, -0.05) is 6.07 Å². The van der Waals surface area contributed by atoms with Crippen molar-refractivity contribution < 1.29 is 4.79 Å². The van der Waals surface area contributed by atoms with Gasteiger partial charge >= 0.3 is 5.69 Å². The van der Waals surface area contributed by atoms with E-state index in [1.807, 2.05) is 12.1 Å². The van der Waals surface area contributed by atoms with Crippen LogP contribution < -0.4 is 5.69 Å². The van der Waals surface area contributed by atoms with Gasteiger partial charge in [0, 0.05) is 25.0 Å². The number of aromatic nitrogens is 3. The molecule has 0 saturated carbocycles. The number of carbonyl (C=O) groups is 1. The monoisotopic (exact) mass is 306 g/mol. The van der Waals surface area contributed by atoms with Crippen molar-refractivity contribution in [1.29, 1.82) is 5.26 Å². The fourth-order valence-electron chi connectivity index (χ4n) is 2.67. The normalized spacial score (nSPS) is 10.7. The van der Waals surface area contributed by atoms with E-state index in [1.165, 1.54) is 16.1 Å². The van der Waals surface area contributed by atoms with E-state index >= 15 is 0 Å². The number of nitrogens with zero attached hydrogens (tertiary/aromatic N) is 4. The lowest BCUT2D eigenvalue weighted by atomic mass is 10.0. The van der Waals surface area contributed by atoms with Crippen molar-refractivity contribution in [1.82, 2.24) is 14.1 Å². The fraction of sp³-hybridized carbons (Fsp3) is 0.176. The van der Waals surface area contributed by atoms with Gasteiger partial charge in [0.15, 0.2) is 0 Å². The second-order valence-electron chi connectivity index (χ2n) is 5.37. The summed E-state index contributed by atoms with van der Waals surface area (Å²) in [6.45, 7) is 1.50. The lowest BCUT2D eigenvalue weighted by molar-refractivity contribution is -0.117. The number of pyridine rings is 1. The van der Waals surface area contributed by atoms with Crippen LogP contribution in [0.25, 0.3) is 22.2 Å². The van der Waals surface area contributed by atoms with Crippen molar-refractivity contribution in [2.75, 3.05) is 0 Å². The number of carbonyl (C=O) groups excluding carboxylic acids is 1. The largest absolute Gasteiger partial charge is 0.329 e. The van der Waals surface area contributed by atoms with Crippen LogP contribution in [0.5, 0.6) is 0 Å². The molecule has 6 nitrogen and oxygen atoms in total. The van der Waals surface area contributed by atoms with E-state index in [4.69, 9.17) is 0 Å². The summed E-state index contributed by atoms with van der Waals surface area (Å²) in [7, 11) is 1.67. The molecule has 6 heteroatoms. The van der Waals surface area contributed by atoms with E-state index in [2.05, 4.69) is 11.1 Å². The summed E-state index contributed by atoms with van der Waals surface area (Å²) in [5, 5.41) is 9.22. The minimum absolute atomic E-state index is 0.0475. The van der Waals surface area contributed by atoms with Crippen LogP contribution in [0.4, 0.5) is 0 Å². The van der Waals surface area contributed by atoms with Crippen LogP contribution in [0, 0.1) is 11.3 Å². The van der Waals surface area contributed by atoms with E-state index in [-0.39, 0.29) is 18.0 Å². The molecule has 0 radical (unpaired) electrons. The number of aryl methyl sites for hydroxylation is 1. The summed E-state index contributed by atoms with van der Waals surface area (Å²) in [4.78, 5) is 27.7. The zero-order chi connectivity index (χ0) is 16.6. The highest BCUT2D eigenvalue weighted by Gasteiger charge is 2.14. The lowest BCUT2D eigenvalue weighted by Gasteiger charge is -2.05. The second kappa shape index (κ2) is 5.54. The SMILES string of the molecule is CC(=O)Cn1c(=O)n(C)c2cc(-c3cnccc3C#N)ccc21. The first-order valence-electron chi connectivity index (χ1n) is 7.06. The zero-order valence-corrected chi connectivity index (χ0v) is 12.8. The first-order valence-corrected chi connectivity index (χ1v) is 7.06. The first-order chi connectivity index (χ1) is 11.0. The van der Waals surface area contributed by atoms with Crippen molar-refractivity contribution in [2.24, 2.45) is 7.05 Å². The van der Waals surface area contributed by atoms with Gasteiger partial charge in [0.25, 0.3) is 0 Å². The van der Waals surface area contributed by atoms with Gasteiger partial charge in [-0.15, -0.1) is 0 Å². The Morgan fingerprint density at radius 3 is 2.78 bits per heavy atom. The Kier molecular flexibility index (Phi) is 3.54. The lowest BCUT2D eigenvalue weighted by Crippen LogP contribution is -2.24. The van der Waals surface area contributed by atoms with Crippen LogP contribution in [0.1, 0.15) is 12.5 Å². The van der Waals surface area contributed by atoms with Gasteiger partial charge < -0.3 is 0 Å². The Balaban J connectivity index is 2.25. The number of Topliss-reactive ketones (excluding diaryl/α,β-unsaturated/α-hetero) is 1. The summed E-state index contributed by atoms with van der Waals surface area (Å²) in [5.41, 5.74) is 3.20. The molecule has 0 N–H and O–H groups in total. The number of fused-ring (bicyclic) bond motifs is 1. The molecule has 0 aliphatic carbocycles. The molecule has 0 amide bonds. The van der Waals surface area contributed by atoms with Gasteiger partial charge in [-0.2, -0.15) is 5.26 Å². The molecule has 0 fully saturated rings. The van der Waals surface area contributed by atoms with Crippen molar-refractivity contribution in [3.63, 3.8) is 0 Å². The Bertz CT molecular complexity index is 1020. The fourth-order valence-corrected chi connectivity index (χ4v) is 2.67. The average molecular weight is 306 g/mol. The molecule has 2 aromatic heterocycles. The maximum Gasteiger partial charge on any atom is 0.329 e. The standard InChI is InChI=1S/C17H14N4O2/c1-11(22)10-21-15-4-3-12(7-16(15)20(2)17(21)23)14-9-19-6-5-13(14)8-18/h3-7,9H,10H2,1-2H3. The Morgan fingerprint density at radius 2 is 2.09 bits per heavy atom. The Hall–Kier alpha value is -3.20. The van der Waals surface area contributed by atoms with Crippen LogP contribution in [0.3, 0.4) is 0 Å². The molecular weight excluding hydrogens is 292 g/mol. The zero-order valence-electron chi connectivity index (χ0n) is 12.8. The summed E-state index contributed by atoms with van der Waals surface area (Å²) in [6, 6.07) is 9.26. The van der Waals surface area contributed by atoms with Crippen LogP contribution in [0.15, 0.2) is 41.5 Å². The summed E-state index contributed by atoms with van der Waals surface area (Å²) >= 11 is 0. The van der Waals surface area contributed by atoms with E-state index in [0.717, 1.165) is 5.56 Å². The van der Waals surface area contributed by atoms with E-state index < -0.39 is 0 Å². The average Bonchev–Trinajstić information content (AvgIpc) is 2.79. The van der Waals surface area contributed by atoms with Gasteiger partial charge in [0.05, 0.1) is 29.2 Å². The predicted molar refractivity (Wildman–Crippen MR) is 85.8 cm³/mol. The maximum absolute atomic E-state index is 12.3. The molecule has 0 saturated heterocycles. The van der Waals surface area contributed by atoms with E-state index in [9.17, 15) is 14.9 Å². The van der Waals surface area contributed by atoms with Crippen molar-refractivity contribution >= 4 is 16.8 Å². The number of nitriles is 1. The first kappa shape index (κ1) is 14.7. The molecule has 114 valence electrons. The Morgan fingerprint density at radius 1 is 1.30 bits per heavy atom. The van der Waals surface area contributed by atoms with Gasteiger partial charge in [-0.3, -0.25) is 18.9 Å². The van der Waals surface area contributed by atoms with Crippen molar-refractivity contribution in [2.45, 2.75) is 13.5 Å². The molecule has 1 aromatic carbocycles. The highest BCUT2D eigenvalue weighted by molar-refractivity contribution is 5.85.